The van der Waals surface area contributed by atoms with Crippen molar-refractivity contribution in [2.45, 2.75) is 38.2 Å². The third kappa shape index (κ3) is 3.08. The van der Waals surface area contributed by atoms with E-state index >= 15 is 0 Å². The van der Waals surface area contributed by atoms with Crippen molar-refractivity contribution >= 4 is 17.5 Å². The van der Waals surface area contributed by atoms with Crippen LogP contribution >= 0.6 is 11.6 Å². The number of ether oxygens (including phenoxy) is 1. The van der Waals surface area contributed by atoms with Gasteiger partial charge in [0.1, 0.15) is 0 Å². The van der Waals surface area contributed by atoms with Gasteiger partial charge in [-0.3, -0.25) is 4.79 Å². The van der Waals surface area contributed by atoms with Gasteiger partial charge in [0.05, 0.1) is 12.5 Å². The third-order valence-corrected chi connectivity index (χ3v) is 3.91. The number of carbonyl (C=O) groups excluding carboxylic acids is 1. The van der Waals surface area contributed by atoms with Crippen molar-refractivity contribution in [2.24, 2.45) is 5.41 Å². The molecule has 2 aliphatic rings. The molecule has 0 aromatic carbocycles. The molecule has 1 unspecified atom stereocenters. The molecule has 1 heterocycles. The maximum atomic E-state index is 11.6. The topological polar surface area (TPSA) is 38.3 Å². The van der Waals surface area contributed by atoms with Gasteiger partial charge in [0.15, 0.2) is 0 Å². The van der Waals surface area contributed by atoms with Crippen molar-refractivity contribution in [1.29, 1.82) is 0 Å². The zero-order chi connectivity index (χ0) is 10.7. The second kappa shape index (κ2) is 4.71. The maximum Gasteiger partial charge on any atom is 0.222 e. The molecule has 1 amide bonds. The van der Waals surface area contributed by atoms with E-state index in [-0.39, 0.29) is 17.4 Å². The number of hydrogen-bond acceptors (Lipinski definition) is 2. The van der Waals surface area contributed by atoms with Gasteiger partial charge >= 0.3 is 0 Å². The molecule has 3 nitrogen and oxygen atoms in total. The van der Waals surface area contributed by atoms with Gasteiger partial charge in [-0.25, -0.2) is 0 Å². The van der Waals surface area contributed by atoms with Crippen LogP contribution in [0.2, 0.25) is 0 Å². The summed E-state index contributed by atoms with van der Waals surface area (Å²) in [5.41, 5.74) is 0.216. The predicted octanol–water partition coefficient (Wildman–Crippen LogP) is 1.69. The van der Waals surface area contributed by atoms with Crippen LogP contribution < -0.4 is 5.32 Å². The molecule has 0 aromatic rings. The Morgan fingerprint density at radius 1 is 1.53 bits per heavy atom. The summed E-state index contributed by atoms with van der Waals surface area (Å²) in [4.78, 5) is 11.6. The Kier molecular flexibility index (Phi) is 3.52. The van der Waals surface area contributed by atoms with Crippen LogP contribution in [0.3, 0.4) is 0 Å². The van der Waals surface area contributed by atoms with E-state index in [0.29, 0.717) is 12.3 Å². The molecule has 0 radical (unpaired) electrons. The summed E-state index contributed by atoms with van der Waals surface area (Å²) in [6.45, 7) is 1.55. The normalized spacial score (nSPS) is 27.7. The zero-order valence-electron chi connectivity index (χ0n) is 8.93. The van der Waals surface area contributed by atoms with Crippen LogP contribution in [0.25, 0.3) is 0 Å². The summed E-state index contributed by atoms with van der Waals surface area (Å²) in [5, 5.41) is 2.96. The second-order valence-corrected chi connectivity index (χ2v) is 5.02. The fourth-order valence-electron chi connectivity index (χ4n) is 1.90. The monoisotopic (exact) mass is 231 g/mol. The van der Waals surface area contributed by atoms with Crippen LogP contribution in [-0.2, 0) is 9.53 Å². The van der Waals surface area contributed by atoms with Gasteiger partial charge in [0.2, 0.25) is 5.91 Å². The van der Waals surface area contributed by atoms with E-state index in [4.69, 9.17) is 16.3 Å². The first kappa shape index (κ1) is 11.2. The zero-order valence-corrected chi connectivity index (χ0v) is 9.68. The van der Waals surface area contributed by atoms with Gasteiger partial charge in [-0.2, -0.15) is 0 Å². The smallest absolute Gasteiger partial charge is 0.222 e. The number of hydrogen-bond donors (Lipinski definition) is 1. The van der Waals surface area contributed by atoms with E-state index in [0.717, 1.165) is 38.8 Å². The minimum atomic E-state index is 0.110. The van der Waals surface area contributed by atoms with Crippen LogP contribution in [0, 0.1) is 5.41 Å². The van der Waals surface area contributed by atoms with Gasteiger partial charge in [-0.05, 0) is 25.7 Å². The number of nitrogens with one attached hydrogen (secondary N) is 1. The number of rotatable bonds is 5. The largest absolute Gasteiger partial charge is 0.378 e. The lowest BCUT2D eigenvalue weighted by molar-refractivity contribution is -0.123. The molecular weight excluding hydrogens is 214 g/mol. The van der Waals surface area contributed by atoms with E-state index in [1.165, 1.54) is 0 Å². The van der Waals surface area contributed by atoms with Gasteiger partial charge < -0.3 is 10.1 Å². The van der Waals surface area contributed by atoms with Crippen LogP contribution in [0.1, 0.15) is 32.1 Å². The van der Waals surface area contributed by atoms with Gasteiger partial charge in [0.25, 0.3) is 0 Å². The lowest BCUT2D eigenvalue weighted by Gasteiger charge is -2.14. The summed E-state index contributed by atoms with van der Waals surface area (Å²) < 4.78 is 5.41. The molecule has 1 aliphatic heterocycles. The highest BCUT2D eigenvalue weighted by Crippen LogP contribution is 2.45. The Morgan fingerprint density at radius 2 is 2.33 bits per heavy atom. The Hall–Kier alpha value is -0.280. The SMILES string of the molecule is O=C(CC1CCCO1)NCC1(CCl)CC1. The quantitative estimate of drug-likeness (QED) is 0.732. The van der Waals surface area contributed by atoms with Gasteiger partial charge in [-0.1, -0.05) is 0 Å². The average molecular weight is 232 g/mol. The number of carbonyl (C=O) groups is 1. The highest BCUT2D eigenvalue weighted by molar-refractivity contribution is 6.18. The van der Waals surface area contributed by atoms with E-state index < -0.39 is 0 Å². The Balaban J connectivity index is 1.64. The number of halogens is 1. The van der Waals surface area contributed by atoms with Crippen molar-refractivity contribution in [3.05, 3.63) is 0 Å². The molecule has 15 heavy (non-hydrogen) atoms. The van der Waals surface area contributed by atoms with Crippen molar-refractivity contribution in [1.82, 2.24) is 5.32 Å². The van der Waals surface area contributed by atoms with Crippen LogP contribution in [-0.4, -0.2) is 31.0 Å². The summed E-state index contributed by atoms with van der Waals surface area (Å²) >= 11 is 5.83. The molecule has 0 spiro atoms. The first-order chi connectivity index (χ1) is 7.24. The summed E-state index contributed by atoms with van der Waals surface area (Å²) in [6.07, 6.45) is 5.07. The highest BCUT2D eigenvalue weighted by Gasteiger charge is 2.41. The fourth-order valence-corrected chi connectivity index (χ4v) is 2.27. The number of amides is 1. The number of alkyl halides is 1. The predicted molar refractivity (Wildman–Crippen MR) is 59.0 cm³/mol. The average Bonchev–Trinajstić information content (AvgIpc) is 2.86. The summed E-state index contributed by atoms with van der Waals surface area (Å²) in [5.74, 6) is 0.769. The Bertz CT molecular complexity index is 235. The van der Waals surface area contributed by atoms with Crippen LogP contribution in [0.4, 0.5) is 0 Å². The van der Waals surface area contributed by atoms with E-state index in [1.54, 1.807) is 0 Å². The molecule has 1 saturated heterocycles. The van der Waals surface area contributed by atoms with Crippen molar-refractivity contribution in [3.8, 4) is 0 Å². The van der Waals surface area contributed by atoms with Crippen molar-refractivity contribution in [3.63, 3.8) is 0 Å². The molecule has 1 atom stereocenters. The minimum Gasteiger partial charge on any atom is -0.378 e. The molecule has 1 aliphatic carbocycles. The standard InChI is InChI=1S/C11H18ClNO2/c12-7-11(3-4-11)8-13-10(14)6-9-2-1-5-15-9/h9H,1-8H2,(H,13,14). The van der Waals surface area contributed by atoms with Crippen molar-refractivity contribution in [2.75, 3.05) is 19.0 Å². The Labute approximate surface area is 95.5 Å². The first-order valence-electron chi connectivity index (χ1n) is 5.68. The molecule has 86 valence electrons. The Morgan fingerprint density at radius 3 is 2.87 bits per heavy atom. The van der Waals surface area contributed by atoms with Crippen LogP contribution in [0.15, 0.2) is 0 Å². The van der Waals surface area contributed by atoms with E-state index in [1.807, 2.05) is 0 Å². The fraction of sp³-hybridized carbons (Fsp3) is 0.909. The maximum absolute atomic E-state index is 11.6. The van der Waals surface area contributed by atoms with E-state index in [9.17, 15) is 4.79 Å². The molecule has 1 N–H and O–H groups in total. The lowest BCUT2D eigenvalue weighted by atomic mass is 10.1. The summed E-state index contributed by atoms with van der Waals surface area (Å²) in [7, 11) is 0. The minimum absolute atomic E-state index is 0.110. The van der Waals surface area contributed by atoms with E-state index in [2.05, 4.69) is 5.32 Å². The third-order valence-electron chi connectivity index (χ3n) is 3.34. The molecular formula is C11H18ClNO2. The molecule has 2 fully saturated rings. The summed E-state index contributed by atoms with van der Waals surface area (Å²) in [6, 6.07) is 0. The lowest BCUT2D eigenvalue weighted by Crippen LogP contribution is -2.33. The van der Waals surface area contributed by atoms with Gasteiger partial charge in [-0.15, -0.1) is 11.6 Å². The molecule has 4 heteroatoms. The van der Waals surface area contributed by atoms with Gasteiger partial charge in [0, 0.05) is 24.4 Å². The molecule has 2 rings (SSSR count). The first-order valence-corrected chi connectivity index (χ1v) is 6.22. The highest BCUT2D eigenvalue weighted by atomic mass is 35.5. The van der Waals surface area contributed by atoms with Crippen LogP contribution in [0.5, 0.6) is 0 Å². The molecule has 1 saturated carbocycles. The molecule has 0 aromatic heterocycles. The molecule has 0 bridgehead atoms. The second-order valence-electron chi connectivity index (χ2n) is 4.75. The van der Waals surface area contributed by atoms with Crippen molar-refractivity contribution < 1.29 is 9.53 Å².